The zero-order valence-electron chi connectivity index (χ0n) is 15.2. The Morgan fingerprint density at radius 1 is 1.27 bits per heavy atom. The van der Waals surface area contributed by atoms with Crippen molar-refractivity contribution in [1.29, 1.82) is 0 Å². The van der Waals surface area contributed by atoms with E-state index in [1.807, 2.05) is 0 Å². The summed E-state index contributed by atoms with van der Waals surface area (Å²) in [6, 6.07) is 5.57. The van der Waals surface area contributed by atoms with Crippen LogP contribution in [0.15, 0.2) is 24.3 Å². The lowest BCUT2D eigenvalue weighted by Crippen LogP contribution is -2.52. The summed E-state index contributed by atoms with van der Waals surface area (Å²) in [6.07, 6.45) is -1.33. The van der Waals surface area contributed by atoms with Gasteiger partial charge in [-0.15, -0.1) is 0 Å². The fourth-order valence-electron chi connectivity index (χ4n) is 2.63. The molecule has 0 aromatic heterocycles. The highest BCUT2D eigenvalue weighted by atomic mass is 32.2. The van der Waals surface area contributed by atoms with Crippen LogP contribution in [0.25, 0.3) is 0 Å². The van der Waals surface area contributed by atoms with Crippen molar-refractivity contribution in [2.24, 2.45) is 0 Å². The average Bonchev–Trinajstić information content (AvgIpc) is 2.65. The molecule has 1 heterocycles. The number of nitrogens with zero attached hydrogens (tertiary/aromatic N) is 2. The van der Waals surface area contributed by atoms with E-state index in [1.54, 1.807) is 31.2 Å². The van der Waals surface area contributed by atoms with E-state index in [1.165, 1.54) is 18.3 Å². The first-order valence-corrected chi connectivity index (χ1v) is 9.83. The van der Waals surface area contributed by atoms with Gasteiger partial charge >= 0.3 is 5.97 Å². The monoisotopic (exact) mass is 388 g/mol. The van der Waals surface area contributed by atoms with Crippen LogP contribution in [0.2, 0.25) is 0 Å². The quantitative estimate of drug-likeness (QED) is 0.663. The van der Waals surface area contributed by atoms with Gasteiger partial charge in [0.1, 0.15) is 6.17 Å². The number of hydrogen-bond acceptors (Lipinski definition) is 5. The number of carbonyl (C=O) groups is 1. The van der Waals surface area contributed by atoms with Gasteiger partial charge in [0.2, 0.25) is 0 Å². The van der Waals surface area contributed by atoms with E-state index in [-0.39, 0.29) is 19.6 Å². The summed E-state index contributed by atoms with van der Waals surface area (Å²) in [6.45, 7) is 4.02. The molecule has 2 atom stereocenters. The second kappa shape index (κ2) is 8.90. The Morgan fingerprint density at radius 2 is 1.85 bits per heavy atom. The van der Waals surface area contributed by atoms with Gasteiger partial charge in [-0.2, -0.15) is 17.0 Å². The Bertz CT molecular complexity index is 702. The molecule has 0 saturated carbocycles. The molecular formula is C17H25FN2O5S. The molecule has 146 valence electrons. The number of methoxy groups -OCH3 is 1. The lowest BCUT2D eigenvalue weighted by Gasteiger charge is -2.35. The first kappa shape index (κ1) is 20.8. The molecule has 0 radical (unpaired) electrons. The van der Waals surface area contributed by atoms with E-state index >= 15 is 0 Å². The minimum Gasteiger partial charge on any atom is -0.465 e. The standard InChI is InChI=1S/C17H25FN2O5S/c1-13(18)14(2)20(26(22,23)19-8-10-25-11-9-19)12-15-4-6-16(7-5-15)17(21)24-3/h4-7,13-14H,8-12H2,1-3H3/t13?,14-/m1/s1. The van der Waals surface area contributed by atoms with Crippen molar-refractivity contribution in [3.05, 3.63) is 35.4 Å². The lowest BCUT2D eigenvalue weighted by atomic mass is 10.1. The van der Waals surface area contributed by atoms with Crippen molar-refractivity contribution in [2.45, 2.75) is 32.6 Å². The van der Waals surface area contributed by atoms with Gasteiger partial charge in [0.15, 0.2) is 0 Å². The SMILES string of the molecule is COC(=O)c1ccc(CN([C@H](C)C(C)F)S(=O)(=O)N2CCOCC2)cc1. The van der Waals surface area contributed by atoms with Crippen LogP contribution in [0, 0.1) is 0 Å². The first-order valence-electron chi connectivity index (χ1n) is 8.43. The minimum atomic E-state index is -3.84. The highest BCUT2D eigenvalue weighted by molar-refractivity contribution is 7.86. The molecule has 0 N–H and O–H groups in total. The molecule has 1 unspecified atom stereocenters. The summed E-state index contributed by atoms with van der Waals surface area (Å²) >= 11 is 0. The maximum absolute atomic E-state index is 14.0. The molecule has 1 aromatic rings. The molecule has 1 aliphatic heterocycles. The topological polar surface area (TPSA) is 76.2 Å². The number of rotatable bonds is 7. The van der Waals surface area contributed by atoms with Crippen molar-refractivity contribution in [3.8, 4) is 0 Å². The third-order valence-corrected chi connectivity index (χ3v) is 6.50. The Labute approximate surface area is 153 Å². The summed E-state index contributed by atoms with van der Waals surface area (Å²) in [5.74, 6) is -0.472. The van der Waals surface area contributed by atoms with E-state index < -0.39 is 28.4 Å². The van der Waals surface area contributed by atoms with E-state index in [4.69, 9.17) is 4.74 Å². The van der Waals surface area contributed by atoms with Crippen molar-refractivity contribution < 1.29 is 27.1 Å². The summed E-state index contributed by atoms with van der Waals surface area (Å²) in [7, 11) is -2.55. The maximum Gasteiger partial charge on any atom is 0.337 e. The Morgan fingerprint density at radius 3 is 2.35 bits per heavy atom. The molecule has 2 rings (SSSR count). The zero-order valence-corrected chi connectivity index (χ0v) is 16.0. The highest BCUT2D eigenvalue weighted by Crippen LogP contribution is 2.21. The van der Waals surface area contributed by atoms with Gasteiger partial charge in [-0.3, -0.25) is 0 Å². The Balaban J connectivity index is 2.26. The molecular weight excluding hydrogens is 363 g/mol. The van der Waals surface area contributed by atoms with Crippen LogP contribution < -0.4 is 0 Å². The number of alkyl halides is 1. The van der Waals surface area contributed by atoms with Crippen molar-refractivity contribution in [1.82, 2.24) is 8.61 Å². The van der Waals surface area contributed by atoms with Crippen LogP contribution in [0.4, 0.5) is 4.39 Å². The maximum atomic E-state index is 14.0. The van der Waals surface area contributed by atoms with Crippen LogP contribution in [0.5, 0.6) is 0 Å². The largest absolute Gasteiger partial charge is 0.465 e. The van der Waals surface area contributed by atoms with Gasteiger partial charge in [-0.1, -0.05) is 12.1 Å². The van der Waals surface area contributed by atoms with E-state index in [2.05, 4.69) is 4.74 Å². The van der Waals surface area contributed by atoms with Gasteiger partial charge in [-0.05, 0) is 31.5 Å². The molecule has 1 aromatic carbocycles. The molecule has 7 nitrogen and oxygen atoms in total. The zero-order chi connectivity index (χ0) is 19.3. The van der Waals surface area contributed by atoms with Crippen molar-refractivity contribution in [2.75, 3.05) is 33.4 Å². The van der Waals surface area contributed by atoms with Gasteiger partial charge in [0.05, 0.1) is 31.9 Å². The predicted octanol–water partition coefficient (Wildman–Crippen LogP) is 1.60. The summed E-state index contributed by atoms with van der Waals surface area (Å²) < 4.78 is 52.3. The molecule has 1 aliphatic rings. The number of hydrogen-bond donors (Lipinski definition) is 0. The van der Waals surface area contributed by atoms with Gasteiger partial charge in [0.25, 0.3) is 10.2 Å². The van der Waals surface area contributed by atoms with Crippen molar-refractivity contribution in [3.63, 3.8) is 0 Å². The summed E-state index contributed by atoms with van der Waals surface area (Å²) in [5.41, 5.74) is 1.02. The molecule has 0 bridgehead atoms. The van der Waals surface area contributed by atoms with E-state index in [9.17, 15) is 17.6 Å². The number of esters is 1. The Kier molecular flexibility index (Phi) is 7.10. The third-order valence-electron chi connectivity index (χ3n) is 4.43. The molecule has 0 aliphatic carbocycles. The smallest absolute Gasteiger partial charge is 0.337 e. The van der Waals surface area contributed by atoms with Gasteiger partial charge in [0, 0.05) is 19.6 Å². The summed E-state index contributed by atoms with van der Waals surface area (Å²) in [5, 5.41) is 0. The van der Waals surface area contributed by atoms with E-state index in [0.717, 1.165) is 4.31 Å². The molecule has 0 amide bonds. The molecule has 1 fully saturated rings. The van der Waals surface area contributed by atoms with Gasteiger partial charge in [-0.25, -0.2) is 9.18 Å². The first-order chi connectivity index (χ1) is 12.3. The van der Waals surface area contributed by atoms with E-state index in [0.29, 0.717) is 24.3 Å². The van der Waals surface area contributed by atoms with Crippen molar-refractivity contribution >= 4 is 16.2 Å². The fourth-order valence-corrected chi connectivity index (χ4v) is 4.44. The Hall–Kier alpha value is -1.55. The number of carbonyl (C=O) groups excluding carboxylic acids is 1. The molecule has 9 heteroatoms. The molecule has 1 saturated heterocycles. The fraction of sp³-hybridized carbons (Fsp3) is 0.588. The minimum absolute atomic E-state index is 0.0105. The average molecular weight is 388 g/mol. The number of halogens is 1. The second-order valence-corrected chi connectivity index (χ2v) is 8.05. The number of morpholine rings is 1. The van der Waals surface area contributed by atoms with Crippen LogP contribution in [-0.2, 0) is 26.2 Å². The lowest BCUT2D eigenvalue weighted by molar-refractivity contribution is 0.0600. The number of benzene rings is 1. The van der Waals surface area contributed by atoms with Crippen LogP contribution in [-0.4, -0.2) is 68.6 Å². The number of ether oxygens (including phenoxy) is 2. The predicted molar refractivity (Wildman–Crippen MR) is 94.7 cm³/mol. The normalized spacial score (nSPS) is 18.5. The van der Waals surface area contributed by atoms with Crippen LogP contribution in [0.3, 0.4) is 0 Å². The summed E-state index contributed by atoms with van der Waals surface area (Å²) in [4.78, 5) is 11.5. The highest BCUT2D eigenvalue weighted by Gasteiger charge is 2.36. The van der Waals surface area contributed by atoms with Gasteiger partial charge < -0.3 is 9.47 Å². The second-order valence-electron chi connectivity index (χ2n) is 6.17. The van der Waals surface area contributed by atoms with Crippen LogP contribution >= 0.6 is 0 Å². The van der Waals surface area contributed by atoms with Crippen LogP contribution in [0.1, 0.15) is 29.8 Å². The molecule has 0 spiro atoms. The third kappa shape index (κ3) is 4.79. The molecule has 26 heavy (non-hydrogen) atoms.